The Morgan fingerprint density at radius 3 is 2.35 bits per heavy atom. The van der Waals surface area contributed by atoms with E-state index in [1.807, 2.05) is 6.07 Å². The number of nitrogens with one attached hydrogen (secondary N) is 1. The van der Waals surface area contributed by atoms with Crippen LogP contribution in [0.15, 0.2) is 29.2 Å². The highest BCUT2D eigenvalue weighted by Gasteiger charge is 2.64. The van der Waals surface area contributed by atoms with Gasteiger partial charge in [0.25, 0.3) is 0 Å². The van der Waals surface area contributed by atoms with E-state index in [1.54, 1.807) is 12.1 Å². The number of rotatable bonds is 4. The summed E-state index contributed by atoms with van der Waals surface area (Å²) in [6.45, 7) is 9.05. The highest BCUT2D eigenvalue weighted by atomic mass is 32.2. The Morgan fingerprint density at radius 1 is 1.25 bits per heavy atom. The summed E-state index contributed by atoms with van der Waals surface area (Å²) in [5, 5.41) is 8.83. The maximum absolute atomic E-state index is 12.2. The van der Waals surface area contributed by atoms with Gasteiger partial charge in [0.1, 0.15) is 0 Å². The lowest BCUT2D eigenvalue weighted by Crippen LogP contribution is -2.27. The first-order valence-electron chi connectivity index (χ1n) is 6.63. The Bertz CT molecular complexity index is 655. The largest absolute Gasteiger partial charge is 0.240 e. The van der Waals surface area contributed by atoms with Crippen molar-refractivity contribution in [2.75, 3.05) is 6.54 Å². The summed E-state index contributed by atoms with van der Waals surface area (Å²) in [6, 6.07) is 8.02. The zero-order valence-electron chi connectivity index (χ0n) is 12.3. The fraction of sp³-hybridized carbons (Fsp3) is 0.533. The van der Waals surface area contributed by atoms with Crippen molar-refractivity contribution in [2.45, 2.75) is 32.6 Å². The van der Waals surface area contributed by atoms with E-state index in [0.29, 0.717) is 18.0 Å². The lowest BCUT2D eigenvalue weighted by molar-refractivity contribution is 0.457. The Morgan fingerprint density at radius 2 is 1.85 bits per heavy atom. The molecule has 1 fully saturated rings. The maximum atomic E-state index is 12.2. The highest BCUT2D eigenvalue weighted by molar-refractivity contribution is 7.89. The predicted octanol–water partition coefficient (Wildman–Crippen LogP) is 2.52. The first-order valence-corrected chi connectivity index (χ1v) is 8.11. The van der Waals surface area contributed by atoms with Crippen molar-refractivity contribution in [3.8, 4) is 6.07 Å². The average molecular weight is 292 g/mol. The van der Waals surface area contributed by atoms with Gasteiger partial charge in [-0.15, -0.1) is 0 Å². The van der Waals surface area contributed by atoms with Crippen LogP contribution in [0.4, 0.5) is 0 Å². The molecule has 0 amide bonds. The van der Waals surface area contributed by atoms with Crippen LogP contribution < -0.4 is 4.72 Å². The normalized spacial score (nSPS) is 20.4. The van der Waals surface area contributed by atoms with Crippen molar-refractivity contribution in [2.24, 2.45) is 16.7 Å². The molecule has 0 aromatic heterocycles. The van der Waals surface area contributed by atoms with Gasteiger partial charge in [0.2, 0.25) is 10.0 Å². The minimum atomic E-state index is -3.55. The van der Waals surface area contributed by atoms with Crippen LogP contribution in [0.5, 0.6) is 0 Å². The van der Waals surface area contributed by atoms with E-state index in [-0.39, 0.29) is 15.7 Å². The summed E-state index contributed by atoms with van der Waals surface area (Å²) in [7, 11) is -3.55. The summed E-state index contributed by atoms with van der Waals surface area (Å²) < 4.78 is 27.1. The molecular weight excluding hydrogens is 272 g/mol. The molecule has 2 rings (SSSR count). The molecule has 4 nitrogen and oxygen atoms in total. The molecule has 1 saturated carbocycles. The van der Waals surface area contributed by atoms with Gasteiger partial charge in [0.05, 0.1) is 16.5 Å². The van der Waals surface area contributed by atoms with Crippen molar-refractivity contribution in [1.82, 2.24) is 4.72 Å². The van der Waals surface area contributed by atoms with Crippen LogP contribution in [-0.2, 0) is 10.0 Å². The van der Waals surface area contributed by atoms with E-state index in [9.17, 15) is 8.42 Å². The molecule has 1 aromatic carbocycles. The van der Waals surface area contributed by atoms with Crippen LogP contribution in [0.25, 0.3) is 0 Å². The Balaban J connectivity index is 2.12. The molecular formula is C15H20N2O2S. The summed E-state index contributed by atoms with van der Waals surface area (Å²) in [5.41, 5.74) is 0.633. The molecule has 5 heteroatoms. The number of hydrogen-bond donors (Lipinski definition) is 1. The summed E-state index contributed by atoms with van der Waals surface area (Å²) >= 11 is 0. The number of sulfonamides is 1. The van der Waals surface area contributed by atoms with Gasteiger partial charge in [-0.3, -0.25) is 0 Å². The van der Waals surface area contributed by atoms with E-state index in [0.717, 1.165) is 0 Å². The Labute approximate surface area is 120 Å². The van der Waals surface area contributed by atoms with Crippen molar-refractivity contribution in [3.63, 3.8) is 0 Å². The van der Waals surface area contributed by atoms with Crippen LogP contribution >= 0.6 is 0 Å². The van der Waals surface area contributed by atoms with E-state index in [2.05, 4.69) is 32.4 Å². The smallest absolute Gasteiger partial charge is 0.211 e. The first-order chi connectivity index (χ1) is 9.13. The second-order valence-electron chi connectivity index (χ2n) is 6.49. The summed E-state index contributed by atoms with van der Waals surface area (Å²) in [4.78, 5) is 0.146. The molecule has 0 saturated heterocycles. The monoisotopic (exact) mass is 292 g/mol. The minimum Gasteiger partial charge on any atom is -0.211 e. The van der Waals surface area contributed by atoms with Gasteiger partial charge in [-0.1, -0.05) is 33.8 Å². The predicted molar refractivity (Wildman–Crippen MR) is 77.4 cm³/mol. The van der Waals surface area contributed by atoms with Crippen molar-refractivity contribution < 1.29 is 8.42 Å². The van der Waals surface area contributed by atoms with Crippen LogP contribution in [0.3, 0.4) is 0 Å². The zero-order valence-corrected chi connectivity index (χ0v) is 13.1. The van der Waals surface area contributed by atoms with Crippen LogP contribution in [0.2, 0.25) is 0 Å². The van der Waals surface area contributed by atoms with Crippen LogP contribution in [-0.4, -0.2) is 15.0 Å². The molecule has 1 aliphatic rings. The maximum Gasteiger partial charge on any atom is 0.240 e. The van der Waals surface area contributed by atoms with Crippen LogP contribution in [0.1, 0.15) is 33.3 Å². The van der Waals surface area contributed by atoms with E-state index in [1.165, 1.54) is 12.1 Å². The highest BCUT2D eigenvalue weighted by Crippen LogP contribution is 2.67. The van der Waals surface area contributed by atoms with Gasteiger partial charge in [0.15, 0.2) is 0 Å². The van der Waals surface area contributed by atoms with Gasteiger partial charge >= 0.3 is 0 Å². The fourth-order valence-corrected chi connectivity index (χ4v) is 3.95. The molecule has 0 spiro atoms. The lowest BCUT2D eigenvalue weighted by atomic mass is 10.0. The third kappa shape index (κ3) is 2.34. The number of nitrogens with zero attached hydrogens (tertiary/aromatic N) is 1. The lowest BCUT2D eigenvalue weighted by Gasteiger charge is -2.08. The van der Waals surface area contributed by atoms with Crippen molar-refractivity contribution in [3.05, 3.63) is 29.8 Å². The molecule has 0 aliphatic heterocycles. The minimum absolute atomic E-state index is 0.143. The SMILES string of the molecule is CC1(C)C(CNS(=O)(=O)c2cccc(C#N)c2)C1(C)C. The third-order valence-corrected chi connectivity index (χ3v) is 6.49. The number of hydrogen-bond acceptors (Lipinski definition) is 3. The second kappa shape index (κ2) is 4.57. The van der Waals surface area contributed by atoms with Gasteiger partial charge in [-0.2, -0.15) is 5.26 Å². The molecule has 20 heavy (non-hydrogen) atoms. The van der Waals surface area contributed by atoms with E-state index < -0.39 is 10.0 Å². The molecule has 1 N–H and O–H groups in total. The number of benzene rings is 1. The average Bonchev–Trinajstić information content (AvgIpc) is 2.77. The third-order valence-electron chi connectivity index (χ3n) is 5.07. The molecule has 0 heterocycles. The Hall–Kier alpha value is -1.38. The van der Waals surface area contributed by atoms with Gasteiger partial charge < -0.3 is 0 Å². The molecule has 0 radical (unpaired) electrons. The molecule has 1 aromatic rings. The Kier molecular flexibility index (Phi) is 3.43. The molecule has 1 aliphatic carbocycles. The van der Waals surface area contributed by atoms with Gasteiger partial charge in [0, 0.05) is 6.54 Å². The van der Waals surface area contributed by atoms with Crippen LogP contribution in [0, 0.1) is 28.1 Å². The van der Waals surface area contributed by atoms with Crippen molar-refractivity contribution >= 4 is 10.0 Å². The number of nitriles is 1. The standard InChI is InChI=1S/C15H20N2O2S/c1-14(2)13(15(14,3)4)10-17-20(18,19)12-7-5-6-11(8-12)9-16/h5-8,13,17H,10H2,1-4H3. The zero-order chi connectivity index (χ0) is 15.2. The summed E-state index contributed by atoms with van der Waals surface area (Å²) in [5.74, 6) is 0.323. The quantitative estimate of drug-likeness (QED) is 0.927. The van der Waals surface area contributed by atoms with Gasteiger partial charge in [-0.05, 0) is 34.9 Å². The first kappa shape index (κ1) is 15.0. The molecule has 108 valence electrons. The van der Waals surface area contributed by atoms with Gasteiger partial charge in [-0.25, -0.2) is 13.1 Å². The molecule has 0 atom stereocenters. The van der Waals surface area contributed by atoms with E-state index in [4.69, 9.17) is 5.26 Å². The van der Waals surface area contributed by atoms with Crippen molar-refractivity contribution in [1.29, 1.82) is 5.26 Å². The topological polar surface area (TPSA) is 70.0 Å². The molecule has 0 unspecified atom stereocenters. The van der Waals surface area contributed by atoms with E-state index >= 15 is 0 Å². The molecule has 0 bridgehead atoms. The fourth-order valence-electron chi connectivity index (χ4n) is 2.85. The summed E-state index contributed by atoms with van der Waals surface area (Å²) in [6.07, 6.45) is 0. The second-order valence-corrected chi connectivity index (χ2v) is 8.25.